The average Bonchev–Trinajstić information content (AvgIpc) is 3.45. The van der Waals surface area contributed by atoms with E-state index < -0.39 is 0 Å². The van der Waals surface area contributed by atoms with Gasteiger partial charge in [0.1, 0.15) is 11.6 Å². The van der Waals surface area contributed by atoms with Crippen LogP contribution in [0.4, 0.5) is 4.39 Å². The number of benzene rings is 2. The van der Waals surface area contributed by atoms with E-state index in [-0.39, 0.29) is 17.9 Å². The summed E-state index contributed by atoms with van der Waals surface area (Å²) in [6.07, 6.45) is 3.66. The van der Waals surface area contributed by atoms with Crippen LogP contribution in [0.2, 0.25) is 0 Å². The number of thiocarbonyl (C=S) groups is 1. The van der Waals surface area contributed by atoms with E-state index in [2.05, 4.69) is 15.2 Å². The van der Waals surface area contributed by atoms with Gasteiger partial charge in [0.15, 0.2) is 5.11 Å². The Bertz CT molecular complexity index is 1260. The fourth-order valence-electron chi connectivity index (χ4n) is 4.33. The molecule has 1 aliphatic heterocycles. The molecular formula is C26H23FN4OS. The molecule has 1 aliphatic rings. The van der Waals surface area contributed by atoms with Crippen LogP contribution in [0.5, 0.6) is 5.75 Å². The highest BCUT2D eigenvalue weighted by Crippen LogP contribution is 2.40. The summed E-state index contributed by atoms with van der Waals surface area (Å²) in [4.78, 5) is 6.73. The van der Waals surface area contributed by atoms with Crippen LogP contribution in [0.15, 0.2) is 91.3 Å². The van der Waals surface area contributed by atoms with Gasteiger partial charge in [0.05, 0.1) is 30.6 Å². The lowest BCUT2D eigenvalue weighted by Crippen LogP contribution is -2.30. The maximum absolute atomic E-state index is 14.7. The Morgan fingerprint density at radius 1 is 1.00 bits per heavy atom. The van der Waals surface area contributed by atoms with E-state index in [4.69, 9.17) is 17.0 Å². The molecule has 2 atom stereocenters. The van der Waals surface area contributed by atoms with Crippen LogP contribution in [0.1, 0.15) is 29.0 Å². The van der Waals surface area contributed by atoms with Crippen LogP contribution >= 0.6 is 12.2 Å². The molecule has 2 aromatic carbocycles. The minimum Gasteiger partial charge on any atom is -0.497 e. The summed E-state index contributed by atoms with van der Waals surface area (Å²) < 4.78 is 21.9. The smallest absolute Gasteiger partial charge is 0.170 e. The van der Waals surface area contributed by atoms with E-state index in [1.807, 2.05) is 71.4 Å². The lowest BCUT2D eigenvalue weighted by atomic mass is 10.0. The summed E-state index contributed by atoms with van der Waals surface area (Å²) in [6.45, 7) is 0.590. The largest absolute Gasteiger partial charge is 0.497 e. The van der Waals surface area contributed by atoms with Crippen molar-refractivity contribution in [2.24, 2.45) is 0 Å². The second-order valence-electron chi connectivity index (χ2n) is 7.86. The van der Waals surface area contributed by atoms with Crippen molar-refractivity contribution in [1.29, 1.82) is 0 Å². The molecule has 2 aromatic heterocycles. The third kappa shape index (κ3) is 4.07. The predicted octanol–water partition coefficient (Wildman–Crippen LogP) is 5.19. The molecule has 0 spiro atoms. The molecule has 5 nitrogen and oxygen atoms in total. The standard InChI is InChI=1S/C26H23FN4OS/c1-32-19-13-11-18(12-14-19)17-31-25(24(29-26(31)33)21-8-4-5-15-28-21)23-10-6-16-30(23)22-9-3-2-7-20(22)27/h2-16,24-25H,17H2,1H3,(H,29,33)/t24-,25+/m0/s1. The Labute approximate surface area is 197 Å². The molecule has 1 N–H and O–H groups in total. The first-order valence-corrected chi connectivity index (χ1v) is 11.1. The highest BCUT2D eigenvalue weighted by atomic mass is 32.1. The molecule has 5 rings (SSSR count). The summed E-state index contributed by atoms with van der Waals surface area (Å²) in [7, 11) is 1.65. The molecule has 0 unspecified atom stereocenters. The first-order chi connectivity index (χ1) is 16.2. The molecule has 0 radical (unpaired) electrons. The van der Waals surface area contributed by atoms with Crippen molar-refractivity contribution in [3.05, 3.63) is 114 Å². The quantitative estimate of drug-likeness (QED) is 0.403. The molecule has 0 aliphatic carbocycles. The fourth-order valence-corrected chi connectivity index (χ4v) is 4.63. The second-order valence-corrected chi connectivity index (χ2v) is 8.24. The molecule has 0 saturated carbocycles. The van der Waals surface area contributed by atoms with Gasteiger partial charge in [0.2, 0.25) is 0 Å². The number of rotatable bonds is 6. The molecule has 0 bridgehead atoms. The lowest BCUT2D eigenvalue weighted by molar-refractivity contribution is 0.302. The highest BCUT2D eigenvalue weighted by molar-refractivity contribution is 7.80. The predicted molar refractivity (Wildman–Crippen MR) is 130 cm³/mol. The van der Waals surface area contributed by atoms with Crippen LogP contribution in [0.3, 0.4) is 0 Å². The zero-order valence-corrected chi connectivity index (χ0v) is 18.9. The van der Waals surface area contributed by atoms with Gasteiger partial charge in [0, 0.05) is 24.6 Å². The zero-order chi connectivity index (χ0) is 22.8. The topological polar surface area (TPSA) is 42.3 Å². The van der Waals surface area contributed by atoms with Crippen LogP contribution in [-0.2, 0) is 6.54 Å². The minimum absolute atomic E-state index is 0.183. The number of nitrogens with one attached hydrogen (secondary N) is 1. The average molecular weight is 459 g/mol. The summed E-state index contributed by atoms with van der Waals surface area (Å²) in [5.41, 5.74) is 3.40. The van der Waals surface area contributed by atoms with Crippen molar-refractivity contribution >= 4 is 17.3 Å². The number of nitrogens with zero attached hydrogens (tertiary/aromatic N) is 3. The zero-order valence-electron chi connectivity index (χ0n) is 18.1. The third-order valence-electron chi connectivity index (χ3n) is 5.91. The lowest BCUT2D eigenvalue weighted by Gasteiger charge is -2.29. The minimum atomic E-state index is -0.278. The van der Waals surface area contributed by atoms with Crippen molar-refractivity contribution in [2.45, 2.75) is 18.6 Å². The van der Waals surface area contributed by atoms with Gasteiger partial charge in [-0.3, -0.25) is 4.98 Å². The summed E-state index contributed by atoms with van der Waals surface area (Å²) in [6, 6.07) is 24.2. The van der Waals surface area contributed by atoms with Crippen LogP contribution < -0.4 is 10.1 Å². The monoisotopic (exact) mass is 458 g/mol. The Morgan fingerprint density at radius 2 is 1.79 bits per heavy atom. The van der Waals surface area contributed by atoms with Crippen molar-refractivity contribution in [3.8, 4) is 11.4 Å². The van der Waals surface area contributed by atoms with Gasteiger partial charge in [-0.2, -0.15) is 0 Å². The molecule has 7 heteroatoms. The number of hydrogen-bond acceptors (Lipinski definition) is 3. The molecule has 1 fully saturated rings. The maximum atomic E-state index is 14.7. The summed E-state index contributed by atoms with van der Waals surface area (Å²) in [5.74, 6) is 0.525. The molecule has 166 valence electrons. The van der Waals surface area contributed by atoms with Gasteiger partial charge in [-0.25, -0.2) is 4.39 Å². The Kier molecular flexibility index (Phi) is 5.79. The molecular weight excluding hydrogens is 435 g/mol. The van der Waals surface area contributed by atoms with Gasteiger partial charge in [-0.1, -0.05) is 30.3 Å². The number of pyridine rings is 1. The van der Waals surface area contributed by atoms with Crippen LogP contribution in [0.25, 0.3) is 5.69 Å². The van der Waals surface area contributed by atoms with E-state index in [1.54, 1.807) is 25.4 Å². The molecule has 33 heavy (non-hydrogen) atoms. The van der Waals surface area contributed by atoms with Crippen LogP contribution in [-0.4, -0.2) is 26.7 Å². The maximum Gasteiger partial charge on any atom is 0.170 e. The second kappa shape index (κ2) is 9.03. The number of hydrogen-bond donors (Lipinski definition) is 1. The Balaban J connectivity index is 1.59. The first kappa shape index (κ1) is 21.2. The first-order valence-electron chi connectivity index (χ1n) is 10.7. The van der Waals surface area contributed by atoms with Gasteiger partial charge < -0.3 is 19.5 Å². The molecule has 4 aromatic rings. The van der Waals surface area contributed by atoms with Crippen molar-refractivity contribution in [3.63, 3.8) is 0 Å². The number of aromatic nitrogens is 2. The highest BCUT2D eigenvalue weighted by Gasteiger charge is 2.41. The van der Waals surface area contributed by atoms with E-state index in [1.165, 1.54) is 6.07 Å². The molecule has 0 amide bonds. The van der Waals surface area contributed by atoms with Gasteiger partial charge in [-0.05, 0) is 66.3 Å². The summed E-state index contributed by atoms with van der Waals surface area (Å²) >= 11 is 5.78. The van der Waals surface area contributed by atoms with E-state index >= 15 is 0 Å². The van der Waals surface area contributed by atoms with Gasteiger partial charge >= 0.3 is 0 Å². The molecule has 1 saturated heterocycles. The van der Waals surface area contributed by atoms with Crippen molar-refractivity contribution < 1.29 is 9.13 Å². The van der Waals surface area contributed by atoms with E-state index in [0.717, 1.165) is 22.7 Å². The number of methoxy groups -OCH3 is 1. The fraction of sp³-hybridized carbons (Fsp3) is 0.154. The van der Waals surface area contributed by atoms with Gasteiger partial charge in [0.25, 0.3) is 0 Å². The number of halogens is 1. The van der Waals surface area contributed by atoms with Crippen LogP contribution in [0, 0.1) is 5.82 Å². The van der Waals surface area contributed by atoms with E-state index in [0.29, 0.717) is 17.3 Å². The molecule has 3 heterocycles. The Morgan fingerprint density at radius 3 is 2.52 bits per heavy atom. The summed E-state index contributed by atoms with van der Waals surface area (Å²) in [5, 5.41) is 4.09. The number of para-hydroxylation sites is 1. The van der Waals surface area contributed by atoms with Crippen molar-refractivity contribution in [1.82, 2.24) is 19.8 Å². The van der Waals surface area contributed by atoms with Crippen molar-refractivity contribution in [2.75, 3.05) is 7.11 Å². The normalized spacial score (nSPS) is 17.8. The van der Waals surface area contributed by atoms with Gasteiger partial charge in [-0.15, -0.1) is 0 Å². The number of ether oxygens (including phenoxy) is 1. The van der Waals surface area contributed by atoms with E-state index in [9.17, 15) is 4.39 Å². The third-order valence-corrected chi connectivity index (χ3v) is 6.26. The SMILES string of the molecule is COc1ccc(CN2C(=S)N[C@@H](c3ccccn3)[C@H]2c2cccn2-c2ccccc2F)cc1. The Hall–Kier alpha value is -3.71.